The Morgan fingerprint density at radius 2 is 2.18 bits per heavy atom. The Kier molecular flexibility index (Phi) is 7.41. The van der Waals surface area contributed by atoms with Crippen LogP contribution in [0.4, 0.5) is 5.69 Å². The lowest BCUT2D eigenvalue weighted by Crippen LogP contribution is -2.39. The summed E-state index contributed by atoms with van der Waals surface area (Å²) < 4.78 is 5.18. The fraction of sp³-hybridized carbons (Fsp3) is 0.429. The molecule has 0 saturated carbocycles. The first-order valence-corrected chi connectivity index (χ1v) is 7.28. The molecule has 8 heteroatoms. The summed E-state index contributed by atoms with van der Waals surface area (Å²) in [5, 5.41) is 16.4. The summed E-state index contributed by atoms with van der Waals surface area (Å²) in [5.41, 5.74) is 0.595. The van der Waals surface area contributed by atoms with E-state index in [2.05, 4.69) is 10.6 Å². The van der Waals surface area contributed by atoms with E-state index in [1.165, 1.54) is 18.2 Å². The highest BCUT2D eigenvalue weighted by Crippen LogP contribution is 2.19. The number of thiocarbonyl (C=S) groups is 1. The summed E-state index contributed by atoms with van der Waals surface area (Å²) >= 11 is 5.00. The quantitative estimate of drug-likeness (QED) is 0.344. The number of ether oxygens (including phenoxy) is 1. The summed E-state index contributed by atoms with van der Waals surface area (Å²) in [6.07, 6.45) is 0.764. The largest absolute Gasteiger partial charge is 0.382 e. The molecule has 7 nitrogen and oxygen atoms in total. The molecule has 0 saturated heterocycles. The minimum absolute atomic E-state index is 0.0942. The van der Waals surface area contributed by atoms with E-state index in [1.54, 1.807) is 6.92 Å². The molecule has 0 fully saturated rings. The zero-order valence-electron chi connectivity index (χ0n) is 12.5. The van der Waals surface area contributed by atoms with E-state index in [1.807, 2.05) is 6.92 Å². The van der Waals surface area contributed by atoms with Gasteiger partial charge in [-0.15, -0.1) is 0 Å². The van der Waals surface area contributed by atoms with Crippen molar-refractivity contribution in [2.45, 2.75) is 20.3 Å². The Balaban J connectivity index is 2.53. The fourth-order valence-electron chi connectivity index (χ4n) is 1.69. The molecule has 1 rings (SSSR count). The van der Waals surface area contributed by atoms with Crippen molar-refractivity contribution >= 4 is 28.9 Å². The number of nitrogens with one attached hydrogen (secondary N) is 2. The second kappa shape index (κ2) is 9.06. The predicted octanol–water partition coefficient (Wildman–Crippen LogP) is 1.93. The first kappa shape index (κ1) is 18.0. The number of nitrogens with zero attached hydrogens (tertiary/aromatic N) is 1. The number of hydrogen-bond donors (Lipinski definition) is 2. The van der Waals surface area contributed by atoms with Gasteiger partial charge in [-0.2, -0.15) is 0 Å². The molecule has 1 aromatic carbocycles. The Hall–Kier alpha value is -2.06. The van der Waals surface area contributed by atoms with Gasteiger partial charge in [-0.1, -0.05) is 6.07 Å². The lowest BCUT2D eigenvalue weighted by molar-refractivity contribution is -0.385. The first-order chi connectivity index (χ1) is 10.5. The number of aryl methyl sites for hydroxylation is 1. The Morgan fingerprint density at radius 1 is 1.45 bits per heavy atom. The van der Waals surface area contributed by atoms with Crippen molar-refractivity contribution in [2.75, 3.05) is 19.8 Å². The van der Waals surface area contributed by atoms with Crippen LogP contribution in [0.5, 0.6) is 0 Å². The SMILES string of the molecule is CCOCCCNC(=S)NC(=O)c1ccc(C)c([N+](=O)[O-])c1. The summed E-state index contributed by atoms with van der Waals surface area (Å²) in [5.74, 6) is -0.481. The van der Waals surface area contributed by atoms with Crippen LogP contribution in [0.25, 0.3) is 0 Å². The third-order valence-electron chi connectivity index (χ3n) is 2.85. The van der Waals surface area contributed by atoms with Gasteiger partial charge in [0.2, 0.25) is 0 Å². The molecule has 0 aliphatic rings. The third kappa shape index (κ3) is 5.74. The number of benzene rings is 1. The highest BCUT2D eigenvalue weighted by Gasteiger charge is 2.15. The molecule has 0 unspecified atom stereocenters. The zero-order chi connectivity index (χ0) is 16.5. The number of rotatable bonds is 7. The van der Waals surface area contributed by atoms with Crippen LogP contribution in [0.2, 0.25) is 0 Å². The van der Waals surface area contributed by atoms with Crippen molar-refractivity contribution < 1.29 is 14.5 Å². The van der Waals surface area contributed by atoms with Crippen molar-refractivity contribution in [2.24, 2.45) is 0 Å². The van der Waals surface area contributed by atoms with Crippen LogP contribution in [0.1, 0.15) is 29.3 Å². The first-order valence-electron chi connectivity index (χ1n) is 6.87. The van der Waals surface area contributed by atoms with Gasteiger partial charge in [0.1, 0.15) is 0 Å². The lowest BCUT2D eigenvalue weighted by Gasteiger charge is -2.09. The van der Waals surface area contributed by atoms with Crippen LogP contribution in [-0.4, -0.2) is 35.7 Å². The van der Waals surface area contributed by atoms with Crippen LogP contribution in [0.15, 0.2) is 18.2 Å². The fourth-order valence-corrected chi connectivity index (χ4v) is 1.88. The van der Waals surface area contributed by atoms with Crippen molar-refractivity contribution in [3.63, 3.8) is 0 Å². The number of carbonyl (C=O) groups excluding carboxylic acids is 1. The topological polar surface area (TPSA) is 93.5 Å². The Bertz CT molecular complexity index is 563. The minimum atomic E-state index is -0.517. The molecule has 120 valence electrons. The average molecular weight is 325 g/mol. The van der Waals surface area contributed by atoms with Gasteiger partial charge in [-0.05, 0) is 38.6 Å². The molecule has 0 atom stereocenters. The smallest absolute Gasteiger partial charge is 0.273 e. The van der Waals surface area contributed by atoms with Crippen molar-refractivity contribution in [1.82, 2.24) is 10.6 Å². The molecule has 0 radical (unpaired) electrons. The van der Waals surface area contributed by atoms with Gasteiger partial charge in [0.25, 0.3) is 11.6 Å². The molecule has 0 spiro atoms. The average Bonchev–Trinajstić information content (AvgIpc) is 2.47. The lowest BCUT2D eigenvalue weighted by atomic mass is 10.1. The Labute approximate surface area is 134 Å². The molecule has 0 aliphatic carbocycles. The summed E-state index contributed by atoms with van der Waals surface area (Å²) in [6.45, 7) is 5.38. The van der Waals surface area contributed by atoms with Crippen LogP contribution in [0, 0.1) is 17.0 Å². The molecule has 0 bridgehead atoms. The number of amides is 1. The molecule has 1 aromatic rings. The van der Waals surface area contributed by atoms with Crippen LogP contribution in [0.3, 0.4) is 0 Å². The Morgan fingerprint density at radius 3 is 2.82 bits per heavy atom. The highest BCUT2D eigenvalue weighted by atomic mass is 32.1. The van der Waals surface area contributed by atoms with Gasteiger partial charge in [0.05, 0.1) is 4.92 Å². The van der Waals surface area contributed by atoms with E-state index in [0.29, 0.717) is 25.3 Å². The molecule has 0 aliphatic heterocycles. The van der Waals surface area contributed by atoms with E-state index >= 15 is 0 Å². The number of carbonyl (C=O) groups is 1. The summed E-state index contributed by atoms with van der Waals surface area (Å²) in [7, 11) is 0. The van der Waals surface area contributed by atoms with Crippen LogP contribution in [-0.2, 0) is 4.74 Å². The van der Waals surface area contributed by atoms with E-state index < -0.39 is 10.8 Å². The molecule has 2 N–H and O–H groups in total. The van der Waals surface area contributed by atoms with Gasteiger partial charge in [-0.25, -0.2) is 0 Å². The molecule has 22 heavy (non-hydrogen) atoms. The van der Waals surface area contributed by atoms with E-state index in [4.69, 9.17) is 17.0 Å². The van der Waals surface area contributed by atoms with E-state index in [0.717, 1.165) is 6.42 Å². The summed E-state index contributed by atoms with van der Waals surface area (Å²) in [6, 6.07) is 4.29. The second-order valence-electron chi connectivity index (χ2n) is 4.52. The molecule has 0 heterocycles. The van der Waals surface area contributed by atoms with Crippen LogP contribution < -0.4 is 10.6 Å². The maximum Gasteiger partial charge on any atom is 0.273 e. The molecule has 0 aromatic heterocycles. The summed E-state index contributed by atoms with van der Waals surface area (Å²) in [4.78, 5) is 22.3. The normalized spacial score (nSPS) is 10.1. The van der Waals surface area contributed by atoms with Crippen molar-refractivity contribution in [3.8, 4) is 0 Å². The maximum atomic E-state index is 12.0. The maximum absolute atomic E-state index is 12.0. The molecular weight excluding hydrogens is 306 g/mol. The van der Waals surface area contributed by atoms with E-state index in [-0.39, 0.29) is 16.4 Å². The minimum Gasteiger partial charge on any atom is -0.382 e. The van der Waals surface area contributed by atoms with E-state index in [9.17, 15) is 14.9 Å². The van der Waals surface area contributed by atoms with Crippen molar-refractivity contribution in [1.29, 1.82) is 0 Å². The number of nitro groups is 1. The van der Waals surface area contributed by atoms with Gasteiger partial charge in [0, 0.05) is 37.0 Å². The van der Waals surface area contributed by atoms with Crippen molar-refractivity contribution in [3.05, 3.63) is 39.4 Å². The zero-order valence-corrected chi connectivity index (χ0v) is 13.4. The van der Waals surface area contributed by atoms with Gasteiger partial charge in [0.15, 0.2) is 5.11 Å². The highest BCUT2D eigenvalue weighted by molar-refractivity contribution is 7.80. The van der Waals surface area contributed by atoms with Gasteiger partial charge >= 0.3 is 0 Å². The monoisotopic (exact) mass is 325 g/mol. The standard InChI is InChI=1S/C14H19N3O4S/c1-3-21-8-4-7-15-14(22)16-13(18)11-6-5-10(2)12(9-11)17(19)20/h5-6,9H,3-4,7-8H2,1-2H3,(H2,15,16,18,22). The third-order valence-corrected chi connectivity index (χ3v) is 3.10. The van der Waals surface area contributed by atoms with Gasteiger partial charge < -0.3 is 10.1 Å². The number of nitro benzene ring substituents is 1. The second-order valence-corrected chi connectivity index (χ2v) is 4.93. The predicted molar refractivity (Wildman–Crippen MR) is 87.0 cm³/mol. The van der Waals surface area contributed by atoms with Crippen LogP contribution >= 0.6 is 12.2 Å². The van der Waals surface area contributed by atoms with Gasteiger partial charge in [-0.3, -0.25) is 20.2 Å². The molecular formula is C14H19N3O4S. The molecule has 1 amide bonds. The number of hydrogen-bond acceptors (Lipinski definition) is 5.